The number of carbonyl (C=O) groups is 2. The van der Waals surface area contributed by atoms with E-state index in [2.05, 4.69) is 10.6 Å². The Morgan fingerprint density at radius 2 is 1.87 bits per heavy atom. The lowest BCUT2D eigenvalue weighted by atomic mass is 10.2. The summed E-state index contributed by atoms with van der Waals surface area (Å²) in [7, 11) is 0. The first-order chi connectivity index (χ1) is 11.0. The maximum Gasteiger partial charge on any atom is 0.247 e. The maximum atomic E-state index is 12.5. The van der Waals surface area contributed by atoms with Gasteiger partial charge in [0.05, 0.1) is 10.7 Å². The van der Waals surface area contributed by atoms with Gasteiger partial charge in [-0.2, -0.15) is 0 Å². The summed E-state index contributed by atoms with van der Waals surface area (Å²) in [6.07, 6.45) is 4.75. The SMILES string of the molecule is CCC(=O)Nc1ccc(Cl)c(NC(=O)C(CC)n2cccc2)c1. The van der Waals surface area contributed by atoms with Gasteiger partial charge >= 0.3 is 0 Å². The molecule has 0 spiro atoms. The molecule has 1 heterocycles. The minimum Gasteiger partial charge on any atom is -0.342 e. The molecule has 2 N–H and O–H groups in total. The predicted molar refractivity (Wildman–Crippen MR) is 92.8 cm³/mol. The fourth-order valence-corrected chi connectivity index (χ4v) is 2.42. The Morgan fingerprint density at radius 1 is 1.17 bits per heavy atom. The Kier molecular flexibility index (Phi) is 5.82. The quantitative estimate of drug-likeness (QED) is 0.836. The summed E-state index contributed by atoms with van der Waals surface area (Å²) in [5, 5.41) is 6.01. The molecule has 0 bridgehead atoms. The largest absolute Gasteiger partial charge is 0.342 e. The molecule has 122 valence electrons. The summed E-state index contributed by atoms with van der Waals surface area (Å²) in [5.41, 5.74) is 1.08. The third-order valence-corrected chi connectivity index (χ3v) is 3.84. The number of anilines is 2. The highest BCUT2D eigenvalue weighted by Gasteiger charge is 2.18. The fraction of sp³-hybridized carbons (Fsp3) is 0.294. The molecule has 0 radical (unpaired) electrons. The molecule has 2 aromatic rings. The monoisotopic (exact) mass is 333 g/mol. The van der Waals surface area contributed by atoms with Crippen LogP contribution in [0, 0.1) is 0 Å². The molecule has 1 atom stereocenters. The van der Waals surface area contributed by atoms with E-state index in [1.807, 2.05) is 36.0 Å². The van der Waals surface area contributed by atoms with Gasteiger partial charge in [-0.15, -0.1) is 0 Å². The van der Waals surface area contributed by atoms with Gasteiger partial charge in [0.15, 0.2) is 0 Å². The minimum atomic E-state index is -0.310. The second kappa shape index (κ2) is 7.83. The lowest BCUT2D eigenvalue weighted by molar-refractivity contribution is -0.119. The van der Waals surface area contributed by atoms with Crippen molar-refractivity contribution in [3.63, 3.8) is 0 Å². The van der Waals surface area contributed by atoms with Crippen molar-refractivity contribution in [1.29, 1.82) is 0 Å². The predicted octanol–water partition coefficient (Wildman–Crippen LogP) is 4.08. The zero-order valence-electron chi connectivity index (χ0n) is 13.2. The zero-order chi connectivity index (χ0) is 16.8. The average Bonchev–Trinajstić information content (AvgIpc) is 3.05. The van der Waals surface area contributed by atoms with E-state index in [1.165, 1.54) is 0 Å². The fourth-order valence-electron chi connectivity index (χ4n) is 2.25. The number of aromatic nitrogens is 1. The Bertz CT molecular complexity index is 683. The highest BCUT2D eigenvalue weighted by atomic mass is 35.5. The van der Waals surface area contributed by atoms with Crippen LogP contribution in [0.3, 0.4) is 0 Å². The molecule has 23 heavy (non-hydrogen) atoms. The van der Waals surface area contributed by atoms with Gasteiger partial charge in [0, 0.05) is 24.5 Å². The molecule has 0 fully saturated rings. The summed E-state index contributed by atoms with van der Waals surface area (Å²) in [4.78, 5) is 24.0. The van der Waals surface area contributed by atoms with Crippen LogP contribution in [0.2, 0.25) is 5.02 Å². The molecule has 0 saturated heterocycles. The van der Waals surface area contributed by atoms with E-state index in [0.717, 1.165) is 0 Å². The number of carbonyl (C=O) groups excluding carboxylic acids is 2. The lowest BCUT2D eigenvalue weighted by Gasteiger charge is -2.18. The van der Waals surface area contributed by atoms with Crippen LogP contribution < -0.4 is 10.6 Å². The number of rotatable bonds is 6. The second-order valence-electron chi connectivity index (χ2n) is 5.14. The van der Waals surface area contributed by atoms with Crippen molar-refractivity contribution in [3.05, 3.63) is 47.7 Å². The van der Waals surface area contributed by atoms with Crippen molar-refractivity contribution < 1.29 is 9.59 Å². The average molecular weight is 334 g/mol. The van der Waals surface area contributed by atoms with Crippen molar-refractivity contribution in [2.45, 2.75) is 32.7 Å². The molecule has 2 rings (SSSR count). The summed E-state index contributed by atoms with van der Waals surface area (Å²) in [6.45, 7) is 3.72. The van der Waals surface area contributed by atoms with E-state index >= 15 is 0 Å². The number of halogens is 1. The van der Waals surface area contributed by atoms with Crippen molar-refractivity contribution >= 4 is 34.8 Å². The third-order valence-electron chi connectivity index (χ3n) is 3.51. The van der Waals surface area contributed by atoms with Crippen molar-refractivity contribution in [1.82, 2.24) is 4.57 Å². The summed E-state index contributed by atoms with van der Waals surface area (Å²) >= 11 is 6.15. The van der Waals surface area contributed by atoms with Gasteiger partial charge in [-0.05, 0) is 36.8 Å². The van der Waals surface area contributed by atoms with Gasteiger partial charge in [-0.3, -0.25) is 9.59 Å². The van der Waals surface area contributed by atoms with Crippen LogP contribution in [0.4, 0.5) is 11.4 Å². The Labute approximate surface area is 140 Å². The van der Waals surface area contributed by atoms with Crippen molar-refractivity contribution in [2.24, 2.45) is 0 Å². The Balaban J connectivity index is 2.16. The normalized spacial score (nSPS) is 11.8. The van der Waals surface area contributed by atoms with Crippen LogP contribution in [0.15, 0.2) is 42.7 Å². The summed E-state index contributed by atoms with van der Waals surface area (Å²) in [5.74, 6) is -0.243. The van der Waals surface area contributed by atoms with E-state index in [-0.39, 0.29) is 17.9 Å². The summed E-state index contributed by atoms with van der Waals surface area (Å²) < 4.78 is 1.85. The molecule has 1 aromatic carbocycles. The lowest BCUT2D eigenvalue weighted by Crippen LogP contribution is -2.25. The zero-order valence-corrected chi connectivity index (χ0v) is 13.9. The van der Waals surface area contributed by atoms with E-state index in [0.29, 0.717) is 29.2 Å². The van der Waals surface area contributed by atoms with Crippen LogP contribution in [0.1, 0.15) is 32.7 Å². The number of hydrogen-bond acceptors (Lipinski definition) is 2. The molecular formula is C17H20ClN3O2. The highest BCUT2D eigenvalue weighted by Crippen LogP contribution is 2.27. The van der Waals surface area contributed by atoms with Gasteiger partial charge in [-0.25, -0.2) is 0 Å². The molecule has 0 aliphatic rings. The van der Waals surface area contributed by atoms with Crippen LogP contribution in [0.5, 0.6) is 0 Å². The highest BCUT2D eigenvalue weighted by molar-refractivity contribution is 6.33. The van der Waals surface area contributed by atoms with Crippen LogP contribution >= 0.6 is 11.6 Å². The molecule has 0 aliphatic heterocycles. The van der Waals surface area contributed by atoms with Crippen molar-refractivity contribution in [2.75, 3.05) is 10.6 Å². The molecular weight excluding hydrogens is 314 g/mol. The second-order valence-corrected chi connectivity index (χ2v) is 5.55. The van der Waals surface area contributed by atoms with Crippen LogP contribution in [-0.2, 0) is 9.59 Å². The standard InChI is InChI=1S/C17H20ClN3O2/c1-3-15(21-9-5-6-10-21)17(23)20-14-11-12(7-8-13(14)18)19-16(22)4-2/h5-11,15H,3-4H2,1-2H3,(H,19,22)(H,20,23). The van der Waals surface area contributed by atoms with Gasteiger partial charge < -0.3 is 15.2 Å². The van der Waals surface area contributed by atoms with E-state index < -0.39 is 0 Å². The van der Waals surface area contributed by atoms with Crippen LogP contribution in [-0.4, -0.2) is 16.4 Å². The van der Waals surface area contributed by atoms with E-state index in [4.69, 9.17) is 11.6 Å². The number of nitrogens with zero attached hydrogens (tertiary/aromatic N) is 1. The van der Waals surface area contributed by atoms with Gasteiger partial charge in [0.25, 0.3) is 0 Å². The van der Waals surface area contributed by atoms with Gasteiger partial charge in [0.1, 0.15) is 6.04 Å². The first kappa shape index (κ1) is 17.1. The number of amides is 2. The first-order valence-electron chi connectivity index (χ1n) is 7.57. The molecule has 0 saturated carbocycles. The Hall–Kier alpha value is -2.27. The third kappa shape index (κ3) is 4.36. The molecule has 1 aromatic heterocycles. The molecule has 6 heteroatoms. The number of hydrogen-bond donors (Lipinski definition) is 2. The molecule has 2 amide bonds. The smallest absolute Gasteiger partial charge is 0.247 e. The molecule has 1 unspecified atom stereocenters. The Morgan fingerprint density at radius 3 is 2.48 bits per heavy atom. The minimum absolute atomic E-state index is 0.0941. The molecule has 5 nitrogen and oxygen atoms in total. The van der Waals surface area contributed by atoms with E-state index in [1.54, 1.807) is 25.1 Å². The van der Waals surface area contributed by atoms with Gasteiger partial charge in [-0.1, -0.05) is 25.4 Å². The van der Waals surface area contributed by atoms with Crippen molar-refractivity contribution in [3.8, 4) is 0 Å². The maximum absolute atomic E-state index is 12.5. The number of nitrogens with one attached hydrogen (secondary N) is 2. The van der Waals surface area contributed by atoms with E-state index in [9.17, 15) is 9.59 Å². The molecule has 0 aliphatic carbocycles. The van der Waals surface area contributed by atoms with Crippen LogP contribution in [0.25, 0.3) is 0 Å². The first-order valence-corrected chi connectivity index (χ1v) is 7.95. The summed E-state index contributed by atoms with van der Waals surface area (Å²) in [6, 6.07) is 8.47. The van der Waals surface area contributed by atoms with Gasteiger partial charge in [0.2, 0.25) is 11.8 Å². The topological polar surface area (TPSA) is 63.1 Å². The number of benzene rings is 1.